The first-order valence-corrected chi connectivity index (χ1v) is 6.14. The minimum Gasteiger partial charge on any atom is -0.453 e. The van der Waals surface area contributed by atoms with E-state index in [-0.39, 0.29) is 5.76 Å². The lowest BCUT2D eigenvalue weighted by molar-refractivity contribution is -0.142. The SMILES string of the molecule is CN1C(=O)C(=O)N(CC(=O)c2cc3ccccc3o2)C1=O. The second-order valence-electron chi connectivity index (χ2n) is 4.61. The highest BCUT2D eigenvalue weighted by Gasteiger charge is 2.43. The van der Waals surface area contributed by atoms with Crippen LogP contribution >= 0.6 is 0 Å². The number of urea groups is 1. The van der Waals surface area contributed by atoms with Crippen molar-refractivity contribution in [3.63, 3.8) is 0 Å². The van der Waals surface area contributed by atoms with E-state index in [1.165, 1.54) is 13.1 Å². The number of amides is 4. The fourth-order valence-electron chi connectivity index (χ4n) is 2.09. The number of rotatable bonds is 3. The number of ketones is 1. The number of para-hydroxylation sites is 1. The summed E-state index contributed by atoms with van der Waals surface area (Å²) in [6, 6.07) is 7.77. The Hall–Kier alpha value is -2.96. The number of carbonyl (C=O) groups excluding carboxylic acids is 4. The van der Waals surface area contributed by atoms with Crippen molar-refractivity contribution in [2.45, 2.75) is 0 Å². The van der Waals surface area contributed by atoms with Gasteiger partial charge in [0.1, 0.15) is 5.58 Å². The van der Waals surface area contributed by atoms with E-state index in [0.717, 1.165) is 5.39 Å². The molecule has 0 bridgehead atoms. The quantitative estimate of drug-likeness (QED) is 0.478. The molecule has 1 aliphatic rings. The average Bonchev–Trinajstić information content (AvgIpc) is 2.99. The van der Waals surface area contributed by atoms with Crippen molar-refractivity contribution >= 4 is 34.6 Å². The molecule has 7 heteroatoms. The Morgan fingerprint density at radius 2 is 1.86 bits per heavy atom. The maximum absolute atomic E-state index is 12.1. The van der Waals surface area contributed by atoms with Crippen LogP contribution in [0.2, 0.25) is 0 Å². The standard InChI is InChI=1S/C14H10N2O5/c1-15-12(18)13(19)16(14(15)20)7-9(17)11-6-8-4-2-3-5-10(8)21-11/h2-6H,7H2,1H3. The largest absolute Gasteiger partial charge is 0.453 e. The first kappa shape index (κ1) is 13.0. The predicted octanol–water partition coefficient (Wildman–Crippen LogP) is 1.04. The van der Waals surface area contributed by atoms with E-state index in [1.807, 2.05) is 0 Å². The molecule has 0 radical (unpaired) electrons. The number of furan rings is 1. The van der Waals surface area contributed by atoms with Crippen LogP contribution in [0.1, 0.15) is 10.6 Å². The fraction of sp³-hybridized carbons (Fsp3) is 0.143. The first-order valence-electron chi connectivity index (χ1n) is 6.14. The molecule has 0 aliphatic carbocycles. The van der Waals surface area contributed by atoms with Crippen LogP contribution in [0.25, 0.3) is 11.0 Å². The monoisotopic (exact) mass is 286 g/mol. The smallest absolute Gasteiger partial charge is 0.334 e. The number of likely N-dealkylation sites (N-methyl/N-ethyl adjacent to an activating group) is 1. The number of carbonyl (C=O) groups is 4. The zero-order valence-corrected chi connectivity index (χ0v) is 11.0. The third-order valence-corrected chi connectivity index (χ3v) is 3.25. The molecular formula is C14H10N2O5. The van der Waals surface area contributed by atoms with Crippen molar-refractivity contribution in [2.24, 2.45) is 0 Å². The van der Waals surface area contributed by atoms with Crippen molar-refractivity contribution in [1.82, 2.24) is 9.80 Å². The van der Waals surface area contributed by atoms with Crippen molar-refractivity contribution in [3.05, 3.63) is 36.1 Å². The van der Waals surface area contributed by atoms with E-state index in [0.29, 0.717) is 15.4 Å². The highest BCUT2D eigenvalue weighted by Crippen LogP contribution is 2.20. The normalized spacial score (nSPS) is 15.4. The molecule has 1 aromatic carbocycles. The summed E-state index contributed by atoms with van der Waals surface area (Å²) < 4.78 is 5.37. The van der Waals surface area contributed by atoms with Crippen LogP contribution in [-0.4, -0.2) is 47.0 Å². The summed E-state index contributed by atoms with van der Waals surface area (Å²) in [5, 5.41) is 0.744. The number of Topliss-reactive ketones (excluding diaryl/α,β-unsaturated/α-hetero) is 1. The molecule has 3 rings (SSSR count). The minimum absolute atomic E-state index is 0.0406. The molecule has 7 nitrogen and oxygen atoms in total. The van der Waals surface area contributed by atoms with E-state index in [4.69, 9.17) is 4.42 Å². The highest BCUT2D eigenvalue weighted by atomic mass is 16.3. The van der Waals surface area contributed by atoms with Gasteiger partial charge in [0, 0.05) is 12.4 Å². The first-order chi connectivity index (χ1) is 9.99. The molecular weight excluding hydrogens is 276 g/mol. The number of hydrogen-bond acceptors (Lipinski definition) is 5. The van der Waals surface area contributed by atoms with Crippen LogP contribution in [0.3, 0.4) is 0 Å². The van der Waals surface area contributed by atoms with Crippen LogP contribution in [0.4, 0.5) is 4.79 Å². The average molecular weight is 286 g/mol. The van der Waals surface area contributed by atoms with Gasteiger partial charge < -0.3 is 4.42 Å². The number of imide groups is 2. The topological polar surface area (TPSA) is 87.9 Å². The van der Waals surface area contributed by atoms with Gasteiger partial charge in [0.15, 0.2) is 5.76 Å². The van der Waals surface area contributed by atoms with Crippen molar-refractivity contribution in [1.29, 1.82) is 0 Å². The molecule has 0 N–H and O–H groups in total. The van der Waals surface area contributed by atoms with E-state index in [1.54, 1.807) is 24.3 Å². The summed E-state index contributed by atoms with van der Waals surface area (Å²) >= 11 is 0. The van der Waals surface area contributed by atoms with Gasteiger partial charge in [-0.3, -0.25) is 19.3 Å². The molecule has 0 atom stereocenters. The van der Waals surface area contributed by atoms with Gasteiger partial charge in [-0.15, -0.1) is 0 Å². The van der Waals surface area contributed by atoms with Gasteiger partial charge in [-0.2, -0.15) is 0 Å². The van der Waals surface area contributed by atoms with Crippen molar-refractivity contribution < 1.29 is 23.6 Å². The Balaban J connectivity index is 1.85. The summed E-state index contributed by atoms with van der Waals surface area (Å²) in [5.41, 5.74) is 0.535. The second-order valence-corrected chi connectivity index (χ2v) is 4.61. The van der Waals surface area contributed by atoms with Crippen LogP contribution in [-0.2, 0) is 9.59 Å². The van der Waals surface area contributed by atoms with Gasteiger partial charge >= 0.3 is 17.8 Å². The summed E-state index contributed by atoms with van der Waals surface area (Å²) in [6.45, 7) is -0.520. The Kier molecular flexibility index (Phi) is 2.83. The summed E-state index contributed by atoms with van der Waals surface area (Å²) in [7, 11) is 1.19. The van der Waals surface area contributed by atoms with Crippen LogP contribution < -0.4 is 0 Å². The van der Waals surface area contributed by atoms with Crippen LogP contribution in [0.5, 0.6) is 0 Å². The maximum atomic E-state index is 12.1. The molecule has 1 aliphatic heterocycles. The molecule has 0 saturated carbocycles. The molecule has 1 fully saturated rings. The van der Waals surface area contributed by atoms with E-state index in [2.05, 4.69) is 0 Å². The zero-order valence-electron chi connectivity index (χ0n) is 11.0. The van der Waals surface area contributed by atoms with Gasteiger partial charge in [-0.1, -0.05) is 18.2 Å². The highest BCUT2D eigenvalue weighted by molar-refractivity contribution is 6.45. The number of hydrogen-bond donors (Lipinski definition) is 0. The molecule has 0 unspecified atom stereocenters. The van der Waals surface area contributed by atoms with Gasteiger partial charge in [-0.25, -0.2) is 9.69 Å². The van der Waals surface area contributed by atoms with Crippen LogP contribution in [0.15, 0.2) is 34.7 Å². The summed E-state index contributed by atoms with van der Waals surface area (Å²) in [6.07, 6.45) is 0. The van der Waals surface area contributed by atoms with Gasteiger partial charge in [0.2, 0.25) is 5.78 Å². The zero-order chi connectivity index (χ0) is 15.1. The van der Waals surface area contributed by atoms with E-state index >= 15 is 0 Å². The summed E-state index contributed by atoms with van der Waals surface area (Å²) in [4.78, 5) is 48.0. The van der Waals surface area contributed by atoms with Crippen molar-refractivity contribution in [2.75, 3.05) is 13.6 Å². The fourth-order valence-corrected chi connectivity index (χ4v) is 2.09. The lowest BCUT2D eigenvalue weighted by Gasteiger charge is -2.10. The molecule has 106 valence electrons. The third kappa shape index (κ3) is 1.99. The Morgan fingerprint density at radius 1 is 1.14 bits per heavy atom. The number of fused-ring (bicyclic) bond motifs is 1. The van der Waals surface area contributed by atoms with Gasteiger partial charge in [0.25, 0.3) is 0 Å². The molecule has 4 amide bonds. The van der Waals surface area contributed by atoms with E-state index in [9.17, 15) is 19.2 Å². The predicted molar refractivity (Wildman–Crippen MR) is 70.4 cm³/mol. The number of nitrogens with zero attached hydrogens (tertiary/aromatic N) is 2. The third-order valence-electron chi connectivity index (χ3n) is 3.25. The van der Waals surface area contributed by atoms with Gasteiger partial charge in [-0.05, 0) is 12.1 Å². The molecule has 0 spiro atoms. The Morgan fingerprint density at radius 3 is 2.48 bits per heavy atom. The van der Waals surface area contributed by atoms with Crippen molar-refractivity contribution in [3.8, 4) is 0 Å². The molecule has 2 aromatic rings. The van der Waals surface area contributed by atoms with E-state index < -0.39 is 30.2 Å². The molecule has 21 heavy (non-hydrogen) atoms. The van der Waals surface area contributed by atoms with Gasteiger partial charge in [0.05, 0.1) is 6.54 Å². The van der Waals surface area contributed by atoms with Crippen LogP contribution in [0, 0.1) is 0 Å². The lowest BCUT2D eigenvalue weighted by Crippen LogP contribution is -2.36. The molecule has 2 heterocycles. The lowest BCUT2D eigenvalue weighted by atomic mass is 10.2. The molecule has 1 saturated heterocycles. The number of benzene rings is 1. The molecule has 1 aromatic heterocycles. The second kappa shape index (κ2) is 4.55. The maximum Gasteiger partial charge on any atom is 0.334 e. The summed E-state index contributed by atoms with van der Waals surface area (Å²) in [5.74, 6) is -2.46. The Bertz CT molecular complexity index is 759. The Labute approximate surface area is 118 Å². The minimum atomic E-state index is -1.01.